The van der Waals surface area contributed by atoms with Crippen molar-refractivity contribution in [1.29, 1.82) is 0 Å². The van der Waals surface area contributed by atoms with Gasteiger partial charge in [-0.2, -0.15) is 0 Å². The van der Waals surface area contributed by atoms with Gasteiger partial charge in [-0.3, -0.25) is 14.2 Å². The standard InChI is InChI=1S/C20H25N3O4/c1-20(2,3)22-17(24)12-27-19(26)13-8-9-14-15(11-13)21-16-7-5-4-6-10-23(16)18(14)25/h8-9,11H,4-7,10,12H2,1-3H3,(H,22,24). The first-order chi connectivity index (χ1) is 12.7. The van der Waals surface area contributed by atoms with E-state index in [4.69, 9.17) is 4.74 Å². The zero-order chi connectivity index (χ0) is 19.6. The van der Waals surface area contributed by atoms with Gasteiger partial charge < -0.3 is 10.1 Å². The summed E-state index contributed by atoms with van der Waals surface area (Å²) in [7, 11) is 0. The molecular formula is C20H25N3O4. The van der Waals surface area contributed by atoms with Crippen LogP contribution in [-0.2, 0) is 22.5 Å². The van der Waals surface area contributed by atoms with E-state index in [-0.39, 0.29) is 23.6 Å². The number of hydrogen-bond donors (Lipinski definition) is 1. The molecule has 3 rings (SSSR count). The molecule has 1 aliphatic heterocycles. The number of rotatable bonds is 3. The van der Waals surface area contributed by atoms with E-state index in [9.17, 15) is 14.4 Å². The molecule has 0 unspecified atom stereocenters. The molecule has 0 spiro atoms. The summed E-state index contributed by atoms with van der Waals surface area (Å²) in [6.45, 7) is 5.88. The largest absolute Gasteiger partial charge is 0.452 e. The molecule has 0 atom stereocenters. The van der Waals surface area contributed by atoms with Gasteiger partial charge in [-0.25, -0.2) is 9.78 Å². The van der Waals surface area contributed by atoms with Crippen molar-refractivity contribution in [2.45, 2.75) is 58.5 Å². The van der Waals surface area contributed by atoms with Crippen molar-refractivity contribution in [3.05, 3.63) is 39.9 Å². The Balaban J connectivity index is 1.81. The van der Waals surface area contributed by atoms with Crippen molar-refractivity contribution in [1.82, 2.24) is 14.9 Å². The molecule has 1 amide bonds. The molecule has 1 aromatic carbocycles. The molecule has 27 heavy (non-hydrogen) atoms. The Bertz CT molecular complexity index is 941. The second-order valence-corrected chi connectivity index (χ2v) is 7.90. The maximum Gasteiger partial charge on any atom is 0.338 e. The highest BCUT2D eigenvalue weighted by Gasteiger charge is 2.18. The van der Waals surface area contributed by atoms with Gasteiger partial charge in [0.15, 0.2) is 6.61 Å². The summed E-state index contributed by atoms with van der Waals surface area (Å²) >= 11 is 0. The van der Waals surface area contributed by atoms with Crippen LogP contribution in [0.1, 0.15) is 56.2 Å². The molecule has 0 fully saturated rings. The summed E-state index contributed by atoms with van der Waals surface area (Å²) < 4.78 is 6.83. The van der Waals surface area contributed by atoms with E-state index < -0.39 is 11.5 Å². The van der Waals surface area contributed by atoms with Gasteiger partial charge >= 0.3 is 5.97 Å². The topological polar surface area (TPSA) is 90.3 Å². The van der Waals surface area contributed by atoms with Gasteiger partial charge in [-0.1, -0.05) is 6.42 Å². The molecule has 1 aliphatic rings. The molecule has 0 bridgehead atoms. The van der Waals surface area contributed by atoms with E-state index in [1.54, 1.807) is 22.8 Å². The van der Waals surface area contributed by atoms with E-state index in [2.05, 4.69) is 10.3 Å². The quantitative estimate of drug-likeness (QED) is 0.836. The summed E-state index contributed by atoms with van der Waals surface area (Å²) in [5.41, 5.74) is 0.302. The van der Waals surface area contributed by atoms with Crippen LogP contribution in [0.25, 0.3) is 10.9 Å². The Kier molecular flexibility index (Phi) is 5.30. The Morgan fingerprint density at radius 1 is 1.22 bits per heavy atom. The first-order valence-corrected chi connectivity index (χ1v) is 9.26. The second-order valence-electron chi connectivity index (χ2n) is 7.90. The monoisotopic (exact) mass is 371 g/mol. The smallest absolute Gasteiger partial charge is 0.338 e. The van der Waals surface area contributed by atoms with E-state index in [1.807, 2.05) is 20.8 Å². The highest BCUT2D eigenvalue weighted by Crippen LogP contribution is 2.16. The number of nitrogens with zero attached hydrogens (tertiary/aromatic N) is 2. The second kappa shape index (κ2) is 7.50. The lowest BCUT2D eigenvalue weighted by molar-refractivity contribution is -0.125. The highest BCUT2D eigenvalue weighted by atomic mass is 16.5. The zero-order valence-corrected chi connectivity index (χ0v) is 16.0. The van der Waals surface area contributed by atoms with Gasteiger partial charge in [0.05, 0.1) is 16.5 Å². The van der Waals surface area contributed by atoms with Crippen molar-refractivity contribution in [2.75, 3.05) is 6.61 Å². The molecule has 2 heterocycles. The van der Waals surface area contributed by atoms with Crippen LogP contribution in [0, 0.1) is 0 Å². The number of esters is 1. The molecule has 1 N–H and O–H groups in total. The molecule has 0 saturated heterocycles. The third-order valence-corrected chi connectivity index (χ3v) is 4.40. The van der Waals surface area contributed by atoms with Gasteiger partial charge in [0.2, 0.25) is 0 Å². The first kappa shape index (κ1) is 19.1. The SMILES string of the molecule is CC(C)(C)NC(=O)COC(=O)c1ccc2c(=O)n3c(nc2c1)CCCCC3. The molecule has 0 saturated carbocycles. The lowest BCUT2D eigenvalue weighted by atomic mass is 10.1. The van der Waals surface area contributed by atoms with Crippen LogP contribution < -0.4 is 10.9 Å². The normalized spacial score (nSPS) is 14.3. The van der Waals surface area contributed by atoms with Crippen LogP contribution in [-0.4, -0.2) is 33.6 Å². The van der Waals surface area contributed by atoms with Gasteiger partial charge in [0, 0.05) is 18.5 Å². The number of aromatic nitrogens is 2. The molecule has 0 radical (unpaired) electrons. The number of carbonyl (C=O) groups excluding carboxylic acids is 2. The maximum absolute atomic E-state index is 12.7. The predicted octanol–water partition coefficient (Wildman–Crippen LogP) is 2.19. The zero-order valence-electron chi connectivity index (χ0n) is 16.0. The van der Waals surface area contributed by atoms with Gasteiger partial charge in [0.1, 0.15) is 5.82 Å². The van der Waals surface area contributed by atoms with Crippen LogP contribution in [0.4, 0.5) is 0 Å². The number of fused-ring (bicyclic) bond motifs is 2. The van der Waals surface area contributed by atoms with E-state index in [1.165, 1.54) is 0 Å². The summed E-state index contributed by atoms with van der Waals surface area (Å²) in [5.74, 6) is -0.212. The van der Waals surface area contributed by atoms with E-state index in [0.29, 0.717) is 17.4 Å². The summed E-state index contributed by atoms with van der Waals surface area (Å²) in [6, 6.07) is 4.71. The lowest BCUT2D eigenvalue weighted by Crippen LogP contribution is -2.42. The molecule has 7 heteroatoms. The summed E-state index contributed by atoms with van der Waals surface area (Å²) in [4.78, 5) is 41.4. The lowest BCUT2D eigenvalue weighted by Gasteiger charge is -2.20. The van der Waals surface area contributed by atoms with Crippen molar-refractivity contribution in [3.8, 4) is 0 Å². The van der Waals surface area contributed by atoms with Crippen LogP contribution in [0.15, 0.2) is 23.0 Å². The maximum atomic E-state index is 12.7. The average Bonchev–Trinajstić information content (AvgIpc) is 2.83. The Morgan fingerprint density at radius 3 is 2.74 bits per heavy atom. The van der Waals surface area contributed by atoms with Crippen molar-refractivity contribution in [3.63, 3.8) is 0 Å². The summed E-state index contributed by atoms with van der Waals surface area (Å²) in [5, 5.41) is 3.22. The summed E-state index contributed by atoms with van der Waals surface area (Å²) in [6.07, 6.45) is 3.81. The van der Waals surface area contributed by atoms with Crippen LogP contribution >= 0.6 is 0 Å². The van der Waals surface area contributed by atoms with Crippen LogP contribution in [0.3, 0.4) is 0 Å². The molecule has 144 valence electrons. The Labute approximate surface area is 157 Å². The Hall–Kier alpha value is -2.70. The number of hydrogen-bond acceptors (Lipinski definition) is 5. The molecular weight excluding hydrogens is 346 g/mol. The van der Waals surface area contributed by atoms with Gasteiger partial charge in [-0.05, 0) is 51.8 Å². The third kappa shape index (κ3) is 4.53. The molecule has 2 aromatic rings. The third-order valence-electron chi connectivity index (χ3n) is 4.40. The average molecular weight is 371 g/mol. The fraction of sp³-hybridized carbons (Fsp3) is 0.500. The molecule has 0 aliphatic carbocycles. The molecule has 1 aromatic heterocycles. The van der Waals surface area contributed by atoms with E-state index in [0.717, 1.165) is 31.5 Å². The Morgan fingerprint density at radius 2 is 2.00 bits per heavy atom. The van der Waals surface area contributed by atoms with Crippen molar-refractivity contribution >= 4 is 22.8 Å². The number of amides is 1. The first-order valence-electron chi connectivity index (χ1n) is 9.26. The van der Waals surface area contributed by atoms with E-state index >= 15 is 0 Å². The minimum Gasteiger partial charge on any atom is -0.452 e. The fourth-order valence-electron chi connectivity index (χ4n) is 3.21. The van der Waals surface area contributed by atoms with Crippen LogP contribution in [0.2, 0.25) is 0 Å². The fourth-order valence-corrected chi connectivity index (χ4v) is 3.21. The number of nitrogens with one attached hydrogen (secondary N) is 1. The van der Waals surface area contributed by atoms with Crippen molar-refractivity contribution < 1.29 is 14.3 Å². The number of carbonyl (C=O) groups is 2. The van der Waals surface area contributed by atoms with Crippen molar-refractivity contribution in [2.24, 2.45) is 0 Å². The minimum absolute atomic E-state index is 0.0682. The number of benzene rings is 1. The minimum atomic E-state index is -0.613. The van der Waals surface area contributed by atoms with Crippen LogP contribution in [0.5, 0.6) is 0 Å². The highest BCUT2D eigenvalue weighted by molar-refractivity contribution is 5.95. The van der Waals surface area contributed by atoms with Gasteiger partial charge in [-0.15, -0.1) is 0 Å². The number of ether oxygens (including phenoxy) is 1. The predicted molar refractivity (Wildman–Crippen MR) is 102 cm³/mol. The number of aryl methyl sites for hydroxylation is 1. The molecule has 7 nitrogen and oxygen atoms in total. The van der Waals surface area contributed by atoms with Gasteiger partial charge in [0.25, 0.3) is 11.5 Å².